The molecule has 0 radical (unpaired) electrons. The van der Waals surface area contributed by atoms with Crippen LogP contribution in [0.15, 0.2) is 78.5 Å². The monoisotopic (exact) mass is 367 g/mol. The molecule has 0 saturated heterocycles. The van der Waals surface area contributed by atoms with Gasteiger partial charge in [-0.05, 0) is 48.2 Å². The molecule has 0 aromatic heterocycles. The summed E-state index contributed by atoms with van der Waals surface area (Å²) in [6.45, 7) is 4.40. The van der Waals surface area contributed by atoms with Crippen molar-refractivity contribution in [2.24, 2.45) is 0 Å². The number of nitrogens with one attached hydrogen (secondary N) is 1. The molecule has 138 valence electrons. The van der Waals surface area contributed by atoms with Crippen LogP contribution in [0.3, 0.4) is 0 Å². The molecule has 0 bridgehead atoms. The SMILES string of the molecule is Cc1cc2c(cc1C)C(=O)C(c1ccccc1)=C(NCc1ccccc1)C2=O. The summed E-state index contributed by atoms with van der Waals surface area (Å²) in [6, 6.07) is 22.9. The Morgan fingerprint density at radius 1 is 0.714 bits per heavy atom. The molecule has 0 unspecified atom stereocenters. The van der Waals surface area contributed by atoms with Crippen molar-refractivity contribution >= 4 is 17.1 Å². The van der Waals surface area contributed by atoms with E-state index >= 15 is 0 Å². The summed E-state index contributed by atoms with van der Waals surface area (Å²) in [5, 5.41) is 3.25. The number of carbonyl (C=O) groups is 2. The number of hydrogen-bond acceptors (Lipinski definition) is 3. The van der Waals surface area contributed by atoms with E-state index < -0.39 is 0 Å². The molecule has 0 aliphatic heterocycles. The smallest absolute Gasteiger partial charge is 0.210 e. The van der Waals surface area contributed by atoms with Gasteiger partial charge in [-0.3, -0.25) is 9.59 Å². The minimum atomic E-state index is -0.132. The Morgan fingerprint density at radius 3 is 1.86 bits per heavy atom. The number of aryl methyl sites for hydroxylation is 2. The molecule has 1 aliphatic carbocycles. The molecule has 3 aromatic rings. The molecule has 3 nitrogen and oxygen atoms in total. The first-order valence-electron chi connectivity index (χ1n) is 9.34. The predicted molar refractivity (Wildman–Crippen MR) is 111 cm³/mol. The first kappa shape index (κ1) is 17.9. The zero-order chi connectivity index (χ0) is 19.7. The summed E-state index contributed by atoms with van der Waals surface area (Å²) >= 11 is 0. The van der Waals surface area contributed by atoms with Gasteiger partial charge in [-0.1, -0.05) is 60.7 Å². The van der Waals surface area contributed by atoms with Crippen molar-refractivity contribution < 1.29 is 9.59 Å². The van der Waals surface area contributed by atoms with Crippen molar-refractivity contribution in [3.05, 3.63) is 112 Å². The lowest BCUT2D eigenvalue weighted by Gasteiger charge is -2.23. The van der Waals surface area contributed by atoms with Crippen molar-refractivity contribution in [3.63, 3.8) is 0 Å². The third-order valence-corrected chi connectivity index (χ3v) is 5.20. The van der Waals surface area contributed by atoms with Gasteiger partial charge in [-0.2, -0.15) is 0 Å². The number of ketones is 2. The highest BCUT2D eigenvalue weighted by molar-refractivity contribution is 6.40. The Labute approximate surface area is 164 Å². The summed E-state index contributed by atoms with van der Waals surface area (Å²) in [5.74, 6) is -0.244. The lowest BCUT2D eigenvalue weighted by molar-refractivity contribution is 0.0985. The van der Waals surface area contributed by atoms with Crippen molar-refractivity contribution in [2.75, 3.05) is 0 Å². The van der Waals surface area contributed by atoms with Gasteiger partial charge in [0.25, 0.3) is 0 Å². The topological polar surface area (TPSA) is 46.2 Å². The van der Waals surface area contributed by atoms with Gasteiger partial charge in [-0.15, -0.1) is 0 Å². The highest BCUT2D eigenvalue weighted by Crippen LogP contribution is 2.33. The number of Topliss-reactive ketones (excluding diaryl/α,β-unsaturated/α-hetero) is 2. The molecule has 0 heterocycles. The van der Waals surface area contributed by atoms with Gasteiger partial charge >= 0.3 is 0 Å². The highest BCUT2D eigenvalue weighted by atomic mass is 16.1. The Balaban J connectivity index is 1.84. The van der Waals surface area contributed by atoms with Crippen LogP contribution in [0.5, 0.6) is 0 Å². The van der Waals surface area contributed by atoms with Crippen LogP contribution in [-0.2, 0) is 6.54 Å². The van der Waals surface area contributed by atoms with Crippen LogP contribution in [-0.4, -0.2) is 11.6 Å². The minimum absolute atomic E-state index is 0.112. The first-order valence-corrected chi connectivity index (χ1v) is 9.34. The van der Waals surface area contributed by atoms with E-state index in [4.69, 9.17) is 0 Å². The Bertz CT molecular complexity index is 1100. The van der Waals surface area contributed by atoms with Crippen LogP contribution in [0.4, 0.5) is 0 Å². The normalized spacial score (nSPS) is 13.5. The number of allylic oxidation sites excluding steroid dienone is 2. The fourth-order valence-corrected chi connectivity index (χ4v) is 3.52. The van der Waals surface area contributed by atoms with E-state index in [1.165, 1.54) is 0 Å². The molecule has 0 amide bonds. The van der Waals surface area contributed by atoms with Crippen LogP contribution in [0, 0.1) is 13.8 Å². The molecule has 0 spiro atoms. The van der Waals surface area contributed by atoms with Gasteiger partial charge in [-0.25, -0.2) is 0 Å². The number of carbonyl (C=O) groups excluding carboxylic acids is 2. The molecule has 3 heteroatoms. The van der Waals surface area contributed by atoms with E-state index in [2.05, 4.69) is 5.32 Å². The Hall–Kier alpha value is -3.46. The largest absolute Gasteiger partial charge is 0.377 e. The highest BCUT2D eigenvalue weighted by Gasteiger charge is 2.33. The summed E-state index contributed by atoms with van der Waals surface area (Å²) < 4.78 is 0. The second-order valence-corrected chi connectivity index (χ2v) is 7.10. The van der Waals surface area contributed by atoms with E-state index in [1.54, 1.807) is 0 Å². The van der Waals surface area contributed by atoms with E-state index in [1.807, 2.05) is 86.6 Å². The zero-order valence-corrected chi connectivity index (χ0v) is 16.0. The third-order valence-electron chi connectivity index (χ3n) is 5.20. The van der Waals surface area contributed by atoms with E-state index in [-0.39, 0.29) is 11.6 Å². The van der Waals surface area contributed by atoms with Crippen LogP contribution in [0.1, 0.15) is 43.0 Å². The van der Waals surface area contributed by atoms with Gasteiger partial charge in [0.15, 0.2) is 5.78 Å². The second kappa shape index (κ2) is 7.28. The lowest BCUT2D eigenvalue weighted by atomic mass is 9.82. The average molecular weight is 367 g/mol. The molecular weight excluding hydrogens is 346 g/mol. The fraction of sp³-hybridized carbons (Fsp3) is 0.120. The molecule has 1 N–H and O–H groups in total. The minimum Gasteiger partial charge on any atom is -0.377 e. The van der Waals surface area contributed by atoms with Crippen LogP contribution in [0.25, 0.3) is 5.57 Å². The number of rotatable bonds is 4. The summed E-state index contributed by atoms with van der Waals surface area (Å²) in [5.41, 5.74) is 5.58. The third kappa shape index (κ3) is 3.16. The second-order valence-electron chi connectivity index (χ2n) is 7.10. The zero-order valence-electron chi connectivity index (χ0n) is 16.0. The Morgan fingerprint density at radius 2 is 1.25 bits per heavy atom. The lowest BCUT2D eigenvalue weighted by Crippen LogP contribution is -2.30. The van der Waals surface area contributed by atoms with E-state index in [0.29, 0.717) is 28.9 Å². The maximum Gasteiger partial charge on any atom is 0.210 e. The molecule has 28 heavy (non-hydrogen) atoms. The van der Waals surface area contributed by atoms with E-state index in [9.17, 15) is 9.59 Å². The number of fused-ring (bicyclic) bond motifs is 1. The Kier molecular flexibility index (Phi) is 4.66. The predicted octanol–water partition coefficient (Wildman–Crippen LogP) is 4.88. The van der Waals surface area contributed by atoms with E-state index in [0.717, 1.165) is 22.3 Å². The molecule has 4 rings (SSSR count). The van der Waals surface area contributed by atoms with Gasteiger partial charge in [0, 0.05) is 17.7 Å². The molecule has 0 atom stereocenters. The van der Waals surface area contributed by atoms with Crippen molar-refractivity contribution in [3.8, 4) is 0 Å². The van der Waals surface area contributed by atoms with Crippen LogP contribution in [0.2, 0.25) is 0 Å². The molecule has 3 aromatic carbocycles. The quantitative estimate of drug-likeness (QED) is 0.715. The molecule has 0 fully saturated rings. The van der Waals surface area contributed by atoms with Crippen molar-refractivity contribution in [2.45, 2.75) is 20.4 Å². The summed E-state index contributed by atoms with van der Waals surface area (Å²) in [4.78, 5) is 26.8. The average Bonchev–Trinajstić information content (AvgIpc) is 2.72. The van der Waals surface area contributed by atoms with Crippen molar-refractivity contribution in [1.29, 1.82) is 0 Å². The van der Waals surface area contributed by atoms with Gasteiger partial charge in [0.1, 0.15) is 0 Å². The van der Waals surface area contributed by atoms with Crippen LogP contribution >= 0.6 is 0 Å². The first-order chi connectivity index (χ1) is 13.6. The number of hydrogen-bond donors (Lipinski definition) is 1. The van der Waals surface area contributed by atoms with Gasteiger partial charge in [0.05, 0.1) is 11.3 Å². The molecule has 0 saturated carbocycles. The fourth-order valence-electron chi connectivity index (χ4n) is 3.52. The molecular formula is C25H21NO2. The summed E-state index contributed by atoms with van der Waals surface area (Å²) in [6.07, 6.45) is 0. The molecule has 1 aliphatic rings. The van der Waals surface area contributed by atoms with Crippen molar-refractivity contribution in [1.82, 2.24) is 5.32 Å². The maximum atomic E-state index is 13.4. The van der Waals surface area contributed by atoms with Gasteiger partial charge < -0.3 is 5.32 Å². The van der Waals surface area contributed by atoms with Crippen LogP contribution < -0.4 is 5.32 Å². The standard InChI is InChI=1S/C25H21NO2/c1-16-13-20-21(14-17(16)2)25(28)23(26-15-18-9-5-3-6-10-18)22(24(20)27)19-11-7-4-8-12-19/h3-14,26H,15H2,1-2H3. The van der Waals surface area contributed by atoms with Gasteiger partial charge in [0.2, 0.25) is 5.78 Å². The summed E-state index contributed by atoms with van der Waals surface area (Å²) in [7, 11) is 0. The maximum absolute atomic E-state index is 13.4. The number of benzene rings is 3.